The van der Waals surface area contributed by atoms with Crippen LogP contribution in [0, 0.1) is 0 Å². The van der Waals surface area contributed by atoms with Gasteiger partial charge in [0.05, 0.1) is 6.54 Å². The minimum absolute atomic E-state index is 0.0324. The fourth-order valence-corrected chi connectivity index (χ4v) is 4.07. The molecule has 0 unspecified atom stereocenters. The molecule has 1 fully saturated rings. The molecule has 0 aliphatic carbocycles. The Kier molecular flexibility index (Phi) is 7.54. The van der Waals surface area contributed by atoms with E-state index < -0.39 is 0 Å². The van der Waals surface area contributed by atoms with Gasteiger partial charge in [0.1, 0.15) is 0 Å². The molecule has 4 rings (SSSR count). The molecule has 0 aromatic heterocycles. The van der Waals surface area contributed by atoms with Gasteiger partial charge in [0.2, 0.25) is 5.91 Å². The average molecular weight is 429 g/mol. The molecular weight excluding hydrogens is 396 g/mol. The summed E-state index contributed by atoms with van der Waals surface area (Å²) in [5.74, 6) is -0.0324. The van der Waals surface area contributed by atoms with E-state index >= 15 is 0 Å². The molecule has 0 saturated carbocycles. The second kappa shape index (κ2) is 10.9. The lowest BCUT2D eigenvalue weighted by Crippen LogP contribution is -2.45. The van der Waals surface area contributed by atoms with Crippen molar-refractivity contribution in [3.05, 3.63) is 96.1 Å². The van der Waals surface area contributed by atoms with E-state index in [2.05, 4.69) is 82.0 Å². The maximum Gasteiger partial charge on any atom is 0.238 e. The maximum atomic E-state index is 12.3. The highest BCUT2D eigenvalue weighted by molar-refractivity contribution is 5.92. The third kappa shape index (κ3) is 6.19. The minimum Gasteiger partial charge on any atom is -0.369 e. The molecule has 3 aromatic carbocycles. The zero-order valence-electron chi connectivity index (χ0n) is 18.7. The van der Waals surface area contributed by atoms with Gasteiger partial charge in [-0.2, -0.15) is 0 Å². The van der Waals surface area contributed by atoms with Gasteiger partial charge in [0, 0.05) is 50.1 Å². The van der Waals surface area contributed by atoms with Crippen molar-refractivity contribution in [1.29, 1.82) is 0 Å². The van der Waals surface area contributed by atoms with Gasteiger partial charge in [-0.25, -0.2) is 0 Å². The van der Waals surface area contributed by atoms with E-state index in [0.717, 1.165) is 38.4 Å². The molecule has 1 amide bonds. The number of nitrogens with one attached hydrogen (secondary N) is 2. The summed E-state index contributed by atoms with van der Waals surface area (Å²) in [6.45, 7) is 7.49. The van der Waals surface area contributed by atoms with Crippen molar-refractivity contribution < 1.29 is 4.79 Å². The molecule has 0 radical (unpaired) electrons. The molecule has 1 saturated heterocycles. The number of nitrogens with zero attached hydrogens (tertiary/aromatic N) is 2. The van der Waals surface area contributed by atoms with Crippen LogP contribution in [-0.4, -0.2) is 43.5 Å². The zero-order valence-corrected chi connectivity index (χ0v) is 18.7. The molecule has 166 valence electrons. The first kappa shape index (κ1) is 22.1. The second-order valence-corrected chi connectivity index (χ2v) is 8.36. The number of rotatable bonds is 8. The van der Waals surface area contributed by atoms with Crippen LogP contribution < -0.4 is 15.5 Å². The molecule has 2 N–H and O–H groups in total. The van der Waals surface area contributed by atoms with E-state index in [1.54, 1.807) is 0 Å². The third-order valence-corrected chi connectivity index (χ3v) is 6.01. The van der Waals surface area contributed by atoms with Gasteiger partial charge in [-0.05, 0) is 42.3 Å². The third-order valence-electron chi connectivity index (χ3n) is 6.01. The molecule has 5 nitrogen and oxygen atoms in total. The van der Waals surface area contributed by atoms with Crippen molar-refractivity contribution in [2.45, 2.75) is 19.5 Å². The van der Waals surface area contributed by atoms with E-state index in [9.17, 15) is 4.79 Å². The normalized spacial score (nSPS) is 15.3. The summed E-state index contributed by atoms with van der Waals surface area (Å²) in [4.78, 5) is 17.2. The first-order valence-electron chi connectivity index (χ1n) is 11.4. The summed E-state index contributed by atoms with van der Waals surface area (Å²) >= 11 is 0. The Labute approximate surface area is 191 Å². The van der Waals surface area contributed by atoms with Crippen LogP contribution in [0.25, 0.3) is 0 Å². The van der Waals surface area contributed by atoms with Gasteiger partial charge >= 0.3 is 0 Å². The van der Waals surface area contributed by atoms with E-state index in [1.807, 2.05) is 30.3 Å². The molecule has 5 heteroatoms. The number of piperazine rings is 1. The molecule has 1 aliphatic heterocycles. The summed E-state index contributed by atoms with van der Waals surface area (Å²) in [7, 11) is 0. The van der Waals surface area contributed by atoms with Crippen LogP contribution in [0.4, 0.5) is 11.4 Å². The van der Waals surface area contributed by atoms with Crippen LogP contribution >= 0.6 is 0 Å². The predicted molar refractivity (Wildman–Crippen MR) is 132 cm³/mol. The number of anilines is 2. The molecule has 1 aliphatic rings. The number of hydrogen-bond donors (Lipinski definition) is 2. The molecule has 1 heterocycles. The standard InChI is InChI=1S/C27H32N4O/c1-22(24-10-6-3-7-11-24)28-20-27(32)29-25-12-14-26(15-13-25)31-18-16-30(17-19-31)21-23-8-4-2-5-9-23/h2-15,22,28H,16-21H2,1H3,(H,29,32)/t22-/m0/s1. The Morgan fingerprint density at radius 2 is 1.47 bits per heavy atom. The summed E-state index contributed by atoms with van der Waals surface area (Å²) < 4.78 is 0. The Hall–Kier alpha value is -3.15. The highest BCUT2D eigenvalue weighted by Gasteiger charge is 2.17. The molecule has 0 spiro atoms. The number of hydrogen-bond acceptors (Lipinski definition) is 4. The van der Waals surface area contributed by atoms with Gasteiger partial charge in [-0.1, -0.05) is 60.7 Å². The van der Waals surface area contributed by atoms with Crippen molar-refractivity contribution in [3.63, 3.8) is 0 Å². The first-order valence-corrected chi connectivity index (χ1v) is 11.4. The van der Waals surface area contributed by atoms with Crippen molar-refractivity contribution in [3.8, 4) is 0 Å². The Balaban J connectivity index is 1.21. The quantitative estimate of drug-likeness (QED) is 0.562. The van der Waals surface area contributed by atoms with Crippen molar-refractivity contribution in [2.24, 2.45) is 0 Å². The Bertz CT molecular complexity index is 968. The smallest absolute Gasteiger partial charge is 0.238 e. The summed E-state index contributed by atoms with van der Waals surface area (Å²) in [5.41, 5.74) is 4.58. The summed E-state index contributed by atoms with van der Waals surface area (Å²) in [5, 5.41) is 6.26. The number of carbonyl (C=O) groups is 1. The predicted octanol–water partition coefficient (Wildman–Crippen LogP) is 4.30. The lowest BCUT2D eigenvalue weighted by molar-refractivity contribution is -0.115. The van der Waals surface area contributed by atoms with Crippen LogP contribution in [0.2, 0.25) is 0 Å². The molecule has 1 atom stereocenters. The van der Waals surface area contributed by atoms with E-state index in [1.165, 1.54) is 16.8 Å². The van der Waals surface area contributed by atoms with E-state index in [-0.39, 0.29) is 18.5 Å². The van der Waals surface area contributed by atoms with Gasteiger partial charge < -0.3 is 15.5 Å². The Morgan fingerprint density at radius 1 is 0.844 bits per heavy atom. The van der Waals surface area contributed by atoms with Crippen molar-refractivity contribution in [2.75, 3.05) is 42.9 Å². The maximum absolute atomic E-state index is 12.3. The average Bonchev–Trinajstić information content (AvgIpc) is 2.85. The highest BCUT2D eigenvalue weighted by atomic mass is 16.1. The number of amides is 1. The van der Waals surface area contributed by atoms with Gasteiger partial charge in [-0.15, -0.1) is 0 Å². The Morgan fingerprint density at radius 3 is 2.12 bits per heavy atom. The second-order valence-electron chi connectivity index (χ2n) is 8.36. The van der Waals surface area contributed by atoms with E-state index in [0.29, 0.717) is 0 Å². The van der Waals surface area contributed by atoms with E-state index in [4.69, 9.17) is 0 Å². The van der Waals surface area contributed by atoms with Gasteiger partial charge in [0.15, 0.2) is 0 Å². The van der Waals surface area contributed by atoms with Gasteiger partial charge in [-0.3, -0.25) is 9.69 Å². The van der Waals surface area contributed by atoms with Crippen LogP contribution in [0.1, 0.15) is 24.1 Å². The molecule has 0 bridgehead atoms. The fraction of sp³-hybridized carbons (Fsp3) is 0.296. The largest absolute Gasteiger partial charge is 0.369 e. The fourth-order valence-electron chi connectivity index (χ4n) is 4.07. The number of carbonyl (C=O) groups excluding carboxylic acids is 1. The lowest BCUT2D eigenvalue weighted by atomic mass is 10.1. The first-order chi connectivity index (χ1) is 15.7. The van der Waals surface area contributed by atoms with Crippen molar-refractivity contribution in [1.82, 2.24) is 10.2 Å². The zero-order chi connectivity index (χ0) is 22.2. The minimum atomic E-state index is -0.0324. The van der Waals surface area contributed by atoms with Crippen molar-refractivity contribution >= 4 is 17.3 Å². The summed E-state index contributed by atoms with van der Waals surface area (Å²) in [6.07, 6.45) is 0. The van der Waals surface area contributed by atoms with Crippen LogP contribution in [0.15, 0.2) is 84.9 Å². The molecule has 32 heavy (non-hydrogen) atoms. The SMILES string of the molecule is C[C@H](NCC(=O)Nc1ccc(N2CCN(Cc3ccccc3)CC2)cc1)c1ccccc1. The monoisotopic (exact) mass is 428 g/mol. The van der Waals surface area contributed by atoms with Crippen LogP contribution in [-0.2, 0) is 11.3 Å². The summed E-state index contributed by atoms with van der Waals surface area (Å²) in [6, 6.07) is 29.1. The lowest BCUT2D eigenvalue weighted by Gasteiger charge is -2.36. The molecular formula is C27H32N4O. The topological polar surface area (TPSA) is 47.6 Å². The molecule has 3 aromatic rings. The van der Waals surface area contributed by atoms with Crippen LogP contribution in [0.3, 0.4) is 0 Å². The van der Waals surface area contributed by atoms with Gasteiger partial charge in [0.25, 0.3) is 0 Å². The van der Waals surface area contributed by atoms with Crippen LogP contribution in [0.5, 0.6) is 0 Å². The highest BCUT2D eigenvalue weighted by Crippen LogP contribution is 2.20. The number of benzene rings is 3.